The van der Waals surface area contributed by atoms with Crippen LogP contribution in [0.15, 0.2) is 35.3 Å². The van der Waals surface area contributed by atoms with Crippen LogP contribution in [0.5, 0.6) is 5.75 Å². The normalized spacial score (nSPS) is 12.2. The third-order valence-electron chi connectivity index (χ3n) is 2.78. The van der Waals surface area contributed by atoms with Crippen molar-refractivity contribution in [3.63, 3.8) is 0 Å². The van der Waals surface area contributed by atoms with Crippen molar-refractivity contribution >= 4 is 15.9 Å². The molecule has 1 aromatic carbocycles. The molecule has 2 N–H and O–H groups in total. The highest BCUT2D eigenvalue weighted by Crippen LogP contribution is 2.27. The van der Waals surface area contributed by atoms with Crippen LogP contribution in [0.1, 0.15) is 44.2 Å². The molecule has 3 heteroatoms. The summed E-state index contributed by atoms with van der Waals surface area (Å²) in [7, 11) is 0. The minimum absolute atomic E-state index is 0.00568. The number of hydrogen-bond donors (Lipinski definition) is 1. The summed E-state index contributed by atoms with van der Waals surface area (Å²) in [5, 5.41) is 0. The molecule has 18 heavy (non-hydrogen) atoms. The van der Waals surface area contributed by atoms with E-state index in [2.05, 4.69) is 22.5 Å². The lowest BCUT2D eigenvalue weighted by atomic mass is 10.1. The summed E-state index contributed by atoms with van der Waals surface area (Å²) in [6.07, 6.45) is 6.48. The SMILES string of the molecule is C=CCCCCCOc1cc(Br)ccc1[C@H](C)N. The van der Waals surface area contributed by atoms with Gasteiger partial charge in [-0.25, -0.2) is 0 Å². The van der Waals surface area contributed by atoms with Gasteiger partial charge in [0, 0.05) is 16.1 Å². The number of unbranched alkanes of at least 4 members (excludes halogenated alkanes) is 3. The van der Waals surface area contributed by atoms with E-state index in [1.807, 2.05) is 31.2 Å². The van der Waals surface area contributed by atoms with Crippen LogP contribution in [0, 0.1) is 0 Å². The van der Waals surface area contributed by atoms with Gasteiger partial charge in [-0.1, -0.05) is 28.1 Å². The number of nitrogens with two attached hydrogens (primary N) is 1. The van der Waals surface area contributed by atoms with Gasteiger partial charge in [-0.3, -0.25) is 0 Å². The Morgan fingerprint density at radius 1 is 1.39 bits per heavy atom. The molecule has 0 spiro atoms. The first-order valence-electron chi connectivity index (χ1n) is 6.44. The second kappa shape index (κ2) is 8.33. The minimum atomic E-state index is -0.00568. The standard InChI is InChI=1S/C15H22BrNO/c1-3-4-5-6-7-10-18-15-11-13(16)8-9-14(15)12(2)17/h3,8-9,11-12H,1,4-7,10,17H2,2H3/t12-/m0/s1. The van der Waals surface area contributed by atoms with Gasteiger partial charge in [-0.2, -0.15) is 0 Å². The molecule has 100 valence electrons. The van der Waals surface area contributed by atoms with Crippen molar-refractivity contribution in [3.05, 3.63) is 40.9 Å². The van der Waals surface area contributed by atoms with Gasteiger partial charge in [0.2, 0.25) is 0 Å². The highest BCUT2D eigenvalue weighted by molar-refractivity contribution is 9.10. The average molecular weight is 312 g/mol. The van der Waals surface area contributed by atoms with Gasteiger partial charge in [0.25, 0.3) is 0 Å². The lowest BCUT2D eigenvalue weighted by molar-refractivity contribution is 0.301. The first-order chi connectivity index (χ1) is 8.65. The first kappa shape index (κ1) is 15.3. The fraction of sp³-hybridized carbons (Fsp3) is 0.467. The van der Waals surface area contributed by atoms with Gasteiger partial charge in [-0.15, -0.1) is 6.58 Å². The van der Waals surface area contributed by atoms with Crippen molar-refractivity contribution in [2.24, 2.45) is 5.73 Å². The van der Waals surface area contributed by atoms with Crippen LogP contribution < -0.4 is 10.5 Å². The average Bonchev–Trinajstić information content (AvgIpc) is 2.33. The predicted molar refractivity (Wildman–Crippen MR) is 80.9 cm³/mol. The van der Waals surface area contributed by atoms with Crippen molar-refractivity contribution in [3.8, 4) is 5.75 Å². The molecule has 0 aromatic heterocycles. The van der Waals surface area contributed by atoms with Crippen molar-refractivity contribution in [1.29, 1.82) is 0 Å². The van der Waals surface area contributed by atoms with E-state index in [-0.39, 0.29) is 6.04 Å². The summed E-state index contributed by atoms with van der Waals surface area (Å²) in [5.41, 5.74) is 6.99. The maximum atomic E-state index is 5.93. The van der Waals surface area contributed by atoms with Crippen molar-refractivity contribution in [2.45, 2.75) is 38.6 Å². The van der Waals surface area contributed by atoms with E-state index in [1.54, 1.807) is 0 Å². The molecule has 0 aliphatic carbocycles. The van der Waals surface area contributed by atoms with Crippen LogP contribution in [0.4, 0.5) is 0 Å². The Morgan fingerprint density at radius 2 is 2.17 bits per heavy atom. The molecule has 1 atom stereocenters. The second-order valence-electron chi connectivity index (χ2n) is 4.46. The maximum Gasteiger partial charge on any atom is 0.125 e. The number of allylic oxidation sites excluding steroid dienone is 1. The fourth-order valence-corrected chi connectivity index (χ4v) is 2.10. The molecule has 2 nitrogen and oxygen atoms in total. The summed E-state index contributed by atoms with van der Waals surface area (Å²) >= 11 is 3.46. The van der Waals surface area contributed by atoms with E-state index in [4.69, 9.17) is 10.5 Å². The van der Waals surface area contributed by atoms with Crippen LogP contribution in [0.2, 0.25) is 0 Å². The third kappa shape index (κ3) is 5.23. The molecule has 0 saturated carbocycles. The zero-order valence-electron chi connectivity index (χ0n) is 11.0. The van der Waals surface area contributed by atoms with Gasteiger partial charge in [0.1, 0.15) is 5.75 Å². The zero-order chi connectivity index (χ0) is 13.4. The van der Waals surface area contributed by atoms with Gasteiger partial charge >= 0.3 is 0 Å². The minimum Gasteiger partial charge on any atom is -0.493 e. The highest BCUT2D eigenvalue weighted by atomic mass is 79.9. The summed E-state index contributed by atoms with van der Waals surface area (Å²) in [6, 6.07) is 5.99. The van der Waals surface area contributed by atoms with E-state index >= 15 is 0 Å². The van der Waals surface area contributed by atoms with E-state index in [9.17, 15) is 0 Å². The van der Waals surface area contributed by atoms with Crippen LogP contribution in [-0.2, 0) is 0 Å². The highest BCUT2D eigenvalue weighted by Gasteiger charge is 2.08. The van der Waals surface area contributed by atoms with E-state index in [0.29, 0.717) is 0 Å². The molecule has 0 heterocycles. The number of benzene rings is 1. The number of hydrogen-bond acceptors (Lipinski definition) is 2. The van der Waals surface area contributed by atoms with Crippen LogP contribution in [0.3, 0.4) is 0 Å². The molecule has 0 bridgehead atoms. The topological polar surface area (TPSA) is 35.2 Å². The lowest BCUT2D eigenvalue weighted by Gasteiger charge is -2.14. The Bertz CT molecular complexity index is 377. The van der Waals surface area contributed by atoms with Crippen LogP contribution in [-0.4, -0.2) is 6.61 Å². The number of rotatable bonds is 8. The molecule has 1 aromatic rings. The molecular formula is C15H22BrNO. The van der Waals surface area contributed by atoms with Gasteiger partial charge < -0.3 is 10.5 Å². The smallest absolute Gasteiger partial charge is 0.125 e. The summed E-state index contributed by atoms with van der Waals surface area (Å²) in [4.78, 5) is 0. The first-order valence-corrected chi connectivity index (χ1v) is 7.23. The third-order valence-corrected chi connectivity index (χ3v) is 3.27. The Morgan fingerprint density at radius 3 is 2.83 bits per heavy atom. The molecule has 0 amide bonds. The van der Waals surface area contributed by atoms with Crippen LogP contribution in [0.25, 0.3) is 0 Å². The lowest BCUT2D eigenvalue weighted by Crippen LogP contribution is -2.08. The molecule has 0 aliphatic heterocycles. The van der Waals surface area contributed by atoms with Gasteiger partial charge in [0.05, 0.1) is 6.61 Å². The number of halogens is 1. The fourth-order valence-electron chi connectivity index (χ4n) is 1.76. The number of ether oxygens (including phenoxy) is 1. The Kier molecular flexibility index (Phi) is 7.06. The van der Waals surface area contributed by atoms with E-state index in [1.165, 1.54) is 12.8 Å². The van der Waals surface area contributed by atoms with E-state index in [0.717, 1.165) is 35.2 Å². The molecule has 0 saturated heterocycles. The van der Waals surface area contributed by atoms with Crippen molar-refractivity contribution in [2.75, 3.05) is 6.61 Å². The largest absolute Gasteiger partial charge is 0.493 e. The molecule has 0 radical (unpaired) electrons. The molecule has 0 aliphatic rings. The summed E-state index contributed by atoms with van der Waals surface area (Å²) in [6.45, 7) is 6.43. The molecule has 0 fully saturated rings. The quantitative estimate of drug-likeness (QED) is 0.562. The second-order valence-corrected chi connectivity index (χ2v) is 5.37. The van der Waals surface area contributed by atoms with Gasteiger partial charge in [-0.05, 0) is 44.7 Å². The molecule has 1 rings (SSSR count). The Balaban J connectivity index is 2.45. The van der Waals surface area contributed by atoms with Crippen molar-refractivity contribution < 1.29 is 4.74 Å². The molecular weight excluding hydrogens is 290 g/mol. The van der Waals surface area contributed by atoms with Gasteiger partial charge in [0.15, 0.2) is 0 Å². The maximum absolute atomic E-state index is 5.93. The summed E-state index contributed by atoms with van der Waals surface area (Å²) in [5.74, 6) is 0.892. The Hall–Kier alpha value is -0.800. The van der Waals surface area contributed by atoms with Crippen molar-refractivity contribution in [1.82, 2.24) is 0 Å². The van der Waals surface area contributed by atoms with Crippen LogP contribution >= 0.6 is 15.9 Å². The Labute approximate surface area is 118 Å². The predicted octanol–water partition coefficient (Wildman–Crippen LogP) is 4.59. The molecule has 0 unspecified atom stereocenters. The summed E-state index contributed by atoms with van der Waals surface area (Å²) < 4.78 is 6.85. The zero-order valence-corrected chi connectivity index (χ0v) is 12.6. The van der Waals surface area contributed by atoms with E-state index < -0.39 is 0 Å². The monoisotopic (exact) mass is 311 g/mol.